The molecule has 0 unspecified atom stereocenters. The smallest absolute Gasteiger partial charge is 0.313 e. The summed E-state index contributed by atoms with van der Waals surface area (Å²) in [6.07, 6.45) is 0. The number of halogens is 1. The van der Waals surface area contributed by atoms with Gasteiger partial charge in [-0.15, -0.1) is 0 Å². The summed E-state index contributed by atoms with van der Waals surface area (Å²) < 4.78 is 13.0. The van der Waals surface area contributed by atoms with E-state index in [0.29, 0.717) is 31.9 Å². The van der Waals surface area contributed by atoms with Gasteiger partial charge in [0.05, 0.1) is 0 Å². The molecule has 5 nitrogen and oxygen atoms in total. The van der Waals surface area contributed by atoms with Gasteiger partial charge in [0, 0.05) is 37.6 Å². The van der Waals surface area contributed by atoms with Crippen LogP contribution in [0.4, 0.5) is 15.8 Å². The average Bonchev–Trinajstić information content (AvgIpc) is 2.65. The summed E-state index contributed by atoms with van der Waals surface area (Å²) in [6, 6.07) is 11.9. The van der Waals surface area contributed by atoms with Crippen molar-refractivity contribution in [3.63, 3.8) is 0 Å². The van der Waals surface area contributed by atoms with Crippen molar-refractivity contribution in [2.24, 2.45) is 0 Å². The molecule has 3 rings (SSSR count). The molecule has 0 aromatic heterocycles. The van der Waals surface area contributed by atoms with Crippen molar-refractivity contribution in [1.29, 1.82) is 0 Å². The second-order valence-electron chi connectivity index (χ2n) is 6.46. The minimum absolute atomic E-state index is 0.273. The molecule has 1 heterocycles. The number of rotatable bonds is 2. The highest BCUT2D eigenvalue weighted by molar-refractivity contribution is 6.39. The Balaban J connectivity index is 1.58. The molecule has 6 heteroatoms. The summed E-state index contributed by atoms with van der Waals surface area (Å²) in [7, 11) is 0. The molecule has 1 aliphatic heterocycles. The Kier molecular flexibility index (Phi) is 5.21. The molecule has 0 atom stereocenters. The molecular weight excluding hydrogens is 333 g/mol. The van der Waals surface area contributed by atoms with E-state index in [1.165, 1.54) is 12.1 Å². The minimum Gasteiger partial charge on any atom is -0.368 e. The number of hydrogen-bond donors (Lipinski definition) is 1. The monoisotopic (exact) mass is 355 g/mol. The summed E-state index contributed by atoms with van der Waals surface area (Å²) in [6.45, 7) is 5.99. The minimum atomic E-state index is -0.617. The van der Waals surface area contributed by atoms with Crippen molar-refractivity contribution in [3.05, 3.63) is 59.4 Å². The van der Waals surface area contributed by atoms with Gasteiger partial charge >= 0.3 is 11.8 Å². The van der Waals surface area contributed by atoms with Crippen LogP contribution in [0, 0.1) is 19.7 Å². The van der Waals surface area contributed by atoms with Gasteiger partial charge < -0.3 is 15.1 Å². The lowest BCUT2D eigenvalue weighted by Crippen LogP contribution is -2.51. The van der Waals surface area contributed by atoms with Gasteiger partial charge in [0.2, 0.25) is 0 Å². The fourth-order valence-electron chi connectivity index (χ4n) is 3.03. The van der Waals surface area contributed by atoms with Crippen LogP contribution in [-0.2, 0) is 9.59 Å². The van der Waals surface area contributed by atoms with E-state index in [-0.39, 0.29) is 5.82 Å². The van der Waals surface area contributed by atoms with Crippen molar-refractivity contribution >= 4 is 23.2 Å². The van der Waals surface area contributed by atoms with E-state index in [9.17, 15) is 14.0 Å². The number of carbonyl (C=O) groups excluding carboxylic acids is 2. The van der Waals surface area contributed by atoms with E-state index in [1.807, 2.05) is 26.0 Å². The van der Waals surface area contributed by atoms with Gasteiger partial charge in [-0.3, -0.25) is 9.59 Å². The number of nitrogens with one attached hydrogen (secondary N) is 1. The van der Waals surface area contributed by atoms with Crippen molar-refractivity contribution in [2.45, 2.75) is 13.8 Å². The molecule has 0 bridgehead atoms. The highest BCUT2D eigenvalue weighted by Gasteiger charge is 2.26. The predicted octanol–water partition coefficient (Wildman–Crippen LogP) is 2.73. The van der Waals surface area contributed by atoms with E-state index in [0.717, 1.165) is 16.8 Å². The Labute approximate surface area is 152 Å². The van der Waals surface area contributed by atoms with Gasteiger partial charge in [0.25, 0.3) is 0 Å². The maximum atomic E-state index is 13.0. The molecular formula is C20H22FN3O2. The molecule has 1 saturated heterocycles. The lowest BCUT2D eigenvalue weighted by molar-refractivity contribution is -0.143. The molecule has 0 spiro atoms. The third kappa shape index (κ3) is 3.85. The zero-order chi connectivity index (χ0) is 18.7. The highest BCUT2D eigenvalue weighted by atomic mass is 19.1. The van der Waals surface area contributed by atoms with Gasteiger partial charge in [0.15, 0.2) is 0 Å². The van der Waals surface area contributed by atoms with Gasteiger partial charge in [0.1, 0.15) is 5.82 Å². The van der Waals surface area contributed by atoms with Crippen LogP contribution >= 0.6 is 0 Å². The standard InChI is InChI=1S/C20H22FN3O2/c1-14-4-3-5-18(15(14)2)22-19(25)20(26)24-12-10-23(11-13-24)17-8-6-16(21)7-9-17/h3-9H,10-13H2,1-2H3,(H,22,25). The first-order chi connectivity index (χ1) is 12.5. The van der Waals surface area contributed by atoms with Crippen molar-refractivity contribution < 1.29 is 14.0 Å². The summed E-state index contributed by atoms with van der Waals surface area (Å²) in [5.41, 5.74) is 3.59. The summed E-state index contributed by atoms with van der Waals surface area (Å²) in [5.74, 6) is -1.41. The fraction of sp³-hybridized carbons (Fsp3) is 0.300. The van der Waals surface area contributed by atoms with Crippen LogP contribution in [0.3, 0.4) is 0 Å². The lowest BCUT2D eigenvalue weighted by atomic mass is 10.1. The van der Waals surface area contributed by atoms with Crippen LogP contribution in [0.2, 0.25) is 0 Å². The quantitative estimate of drug-likeness (QED) is 0.843. The number of benzene rings is 2. The number of amides is 2. The third-order valence-corrected chi connectivity index (χ3v) is 4.81. The molecule has 0 radical (unpaired) electrons. The second kappa shape index (κ2) is 7.56. The molecule has 2 amide bonds. The highest BCUT2D eigenvalue weighted by Crippen LogP contribution is 2.19. The molecule has 1 N–H and O–H groups in total. The van der Waals surface area contributed by atoms with E-state index < -0.39 is 11.8 Å². The Bertz CT molecular complexity index is 812. The van der Waals surface area contributed by atoms with Crippen LogP contribution in [0.5, 0.6) is 0 Å². The van der Waals surface area contributed by atoms with Crippen molar-refractivity contribution in [1.82, 2.24) is 4.90 Å². The normalized spacial score (nSPS) is 14.3. The van der Waals surface area contributed by atoms with Crippen molar-refractivity contribution in [3.8, 4) is 0 Å². The second-order valence-corrected chi connectivity index (χ2v) is 6.46. The van der Waals surface area contributed by atoms with Gasteiger partial charge in [-0.2, -0.15) is 0 Å². The molecule has 1 fully saturated rings. The SMILES string of the molecule is Cc1cccc(NC(=O)C(=O)N2CCN(c3ccc(F)cc3)CC2)c1C. The molecule has 0 saturated carbocycles. The first kappa shape index (κ1) is 17.9. The zero-order valence-corrected chi connectivity index (χ0v) is 15.0. The van der Waals surface area contributed by atoms with Crippen LogP contribution in [0.1, 0.15) is 11.1 Å². The maximum Gasteiger partial charge on any atom is 0.313 e. The van der Waals surface area contributed by atoms with Crippen LogP contribution < -0.4 is 10.2 Å². The first-order valence-corrected chi connectivity index (χ1v) is 8.62. The van der Waals surface area contributed by atoms with E-state index in [4.69, 9.17) is 0 Å². The van der Waals surface area contributed by atoms with Crippen LogP contribution in [0.25, 0.3) is 0 Å². The molecule has 26 heavy (non-hydrogen) atoms. The Hall–Kier alpha value is -2.89. The summed E-state index contributed by atoms with van der Waals surface area (Å²) in [4.78, 5) is 28.4. The molecule has 1 aliphatic rings. The Morgan fingerprint density at radius 3 is 2.27 bits per heavy atom. The van der Waals surface area contributed by atoms with E-state index >= 15 is 0 Å². The summed E-state index contributed by atoms with van der Waals surface area (Å²) in [5, 5.41) is 2.71. The van der Waals surface area contributed by atoms with E-state index in [1.54, 1.807) is 23.1 Å². The Morgan fingerprint density at radius 1 is 0.962 bits per heavy atom. The lowest BCUT2D eigenvalue weighted by Gasteiger charge is -2.35. The topological polar surface area (TPSA) is 52.7 Å². The Morgan fingerprint density at radius 2 is 1.62 bits per heavy atom. The van der Waals surface area contributed by atoms with E-state index in [2.05, 4.69) is 10.2 Å². The molecule has 2 aromatic rings. The average molecular weight is 355 g/mol. The number of nitrogens with zero attached hydrogens (tertiary/aromatic N) is 2. The van der Waals surface area contributed by atoms with Gasteiger partial charge in [-0.25, -0.2) is 4.39 Å². The fourth-order valence-corrected chi connectivity index (χ4v) is 3.03. The van der Waals surface area contributed by atoms with Crippen molar-refractivity contribution in [2.75, 3.05) is 36.4 Å². The predicted molar refractivity (Wildman–Crippen MR) is 99.7 cm³/mol. The maximum absolute atomic E-state index is 13.0. The number of anilines is 2. The summed E-state index contributed by atoms with van der Waals surface area (Å²) >= 11 is 0. The largest absolute Gasteiger partial charge is 0.368 e. The number of carbonyl (C=O) groups is 2. The number of piperazine rings is 1. The van der Waals surface area contributed by atoms with Crippen LogP contribution in [-0.4, -0.2) is 42.9 Å². The van der Waals surface area contributed by atoms with Gasteiger partial charge in [-0.1, -0.05) is 12.1 Å². The molecule has 136 valence electrons. The molecule has 2 aromatic carbocycles. The van der Waals surface area contributed by atoms with Gasteiger partial charge in [-0.05, 0) is 55.3 Å². The van der Waals surface area contributed by atoms with Crippen LogP contribution in [0.15, 0.2) is 42.5 Å². The number of aryl methyl sites for hydroxylation is 1. The molecule has 0 aliphatic carbocycles. The first-order valence-electron chi connectivity index (χ1n) is 8.62. The zero-order valence-electron chi connectivity index (χ0n) is 15.0. The third-order valence-electron chi connectivity index (χ3n) is 4.81. The number of hydrogen-bond acceptors (Lipinski definition) is 3.